The van der Waals surface area contributed by atoms with E-state index < -0.39 is 5.97 Å². The molecule has 3 aromatic rings. The molecule has 0 radical (unpaired) electrons. The van der Waals surface area contributed by atoms with Gasteiger partial charge in [-0.1, -0.05) is 42.1 Å². The van der Waals surface area contributed by atoms with Crippen LogP contribution in [0.4, 0.5) is 5.69 Å². The molecule has 0 aliphatic rings. The number of carbonyl (C=O) groups excluding carboxylic acids is 2. The molecule has 0 unspecified atom stereocenters. The number of carbonyl (C=O) groups is 2. The summed E-state index contributed by atoms with van der Waals surface area (Å²) in [5.41, 5.74) is 1.53. The van der Waals surface area contributed by atoms with Crippen LogP contribution in [0.3, 0.4) is 0 Å². The van der Waals surface area contributed by atoms with E-state index in [0.717, 1.165) is 5.56 Å². The smallest absolute Gasteiger partial charge is 0.339 e. The van der Waals surface area contributed by atoms with Crippen molar-refractivity contribution in [3.63, 3.8) is 0 Å². The summed E-state index contributed by atoms with van der Waals surface area (Å²) >= 11 is 1.24. The number of hydrogen-bond acceptors (Lipinski definition) is 7. The summed E-state index contributed by atoms with van der Waals surface area (Å²) in [6.07, 6.45) is 1.74. The maximum absolute atomic E-state index is 12.5. The molecule has 9 heteroatoms. The number of para-hydroxylation sites is 1. The Morgan fingerprint density at radius 2 is 1.97 bits per heavy atom. The van der Waals surface area contributed by atoms with Gasteiger partial charge in [0.1, 0.15) is 5.75 Å². The van der Waals surface area contributed by atoms with Crippen LogP contribution in [0.5, 0.6) is 5.75 Å². The molecule has 0 aliphatic carbocycles. The minimum atomic E-state index is -0.516. The van der Waals surface area contributed by atoms with Crippen LogP contribution >= 0.6 is 11.8 Å². The van der Waals surface area contributed by atoms with E-state index in [9.17, 15) is 9.59 Å². The van der Waals surface area contributed by atoms with Gasteiger partial charge in [0, 0.05) is 12.1 Å². The van der Waals surface area contributed by atoms with Crippen molar-refractivity contribution >= 4 is 29.3 Å². The molecule has 31 heavy (non-hydrogen) atoms. The predicted octanol–water partition coefficient (Wildman–Crippen LogP) is 3.66. The van der Waals surface area contributed by atoms with Gasteiger partial charge in [-0.25, -0.2) is 4.79 Å². The van der Waals surface area contributed by atoms with Crippen LogP contribution in [0.15, 0.2) is 66.3 Å². The Morgan fingerprint density at radius 1 is 1.16 bits per heavy atom. The molecule has 1 N–H and O–H groups in total. The highest BCUT2D eigenvalue weighted by molar-refractivity contribution is 7.99. The van der Waals surface area contributed by atoms with Crippen molar-refractivity contribution in [1.29, 1.82) is 0 Å². The van der Waals surface area contributed by atoms with E-state index in [-0.39, 0.29) is 11.7 Å². The van der Waals surface area contributed by atoms with Gasteiger partial charge in [0.05, 0.1) is 31.2 Å². The second-order valence-corrected chi connectivity index (χ2v) is 7.25. The van der Waals surface area contributed by atoms with Gasteiger partial charge in [0.2, 0.25) is 5.91 Å². The van der Waals surface area contributed by atoms with Gasteiger partial charge in [-0.2, -0.15) is 0 Å². The van der Waals surface area contributed by atoms with Gasteiger partial charge in [-0.3, -0.25) is 9.36 Å². The normalized spacial score (nSPS) is 10.4. The Bertz CT molecular complexity index is 1100. The van der Waals surface area contributed by atoms with Crippen molar-refractivity contribution < 1.29 is 19.1 Å². The van der Waals surface area contributed by atoms with Crippen LogP contribution in [-0.4, -0.2) is 46.6 Å². The molecular weight excluding hydrogens is 416 g/mol. The SMILES string of the molecule is C=CCn1c(SCC(=O)Nc2ccccc2C(=O)OC)nnc1-c1cccc(OC)c1. The van der Waals surface area contributed by atoms with Crippen molar-refractivity contribution in [2.45, 2.75) is 11.7 Å². The molecule has 0 atom stereocenters. The largest absolute Gasteiger partial charge is 0.497 e. The Labute approximate surface area is 184 Å². The van der Waals surface area contributed by atoms with Crippen LogP contribution in [0.2, 0.25) is 0 Å². The van der Waals surface area contributed by atoms with E-state index in [4.69, 9.17) is 9.47 Å². The molecule has 1 heterocycles. The van der Waals surface area contributed by atoms with Crippen molar-refractivity contribution in [3.8, 4) is 17.1 Å². The number of amides is 1. The molecule has 160 valence electrons. The summed E-state index contributed by atoms with van der Waals surface area (Å²) < 4.78 is 11.9. The fourth-order valence-electron chi connectivity index (χ4n) is 2.86. The summed E-state index contributed by atoms with van der Waals surface area (Å²) in [6, 6.07) is 14.2. The molecule has 1 amide bonds. The van der Waals surface area contributed by atoms with E-state index in [1.807, 2.05) is 28.8 Å². The van der Waals surface area contributed by atoms with E-state index in [0.29, 0.717) is 34.5 Å². The Hall–Kier alpha value is -3.59. The average molecular weight is 439 g/mol. The number of anilines is 1. The molecule has 0 bridgehead atoms. The molecule has 3 rings (SSSR count). The summed E-state index contributed by atoms with van der Waals surface area (Å²) in [5, 5.41) is 11.8. The number of nitrogens with one attached hydrogen (secondary N) is 1. The Balaban J connectivity index is 1.75. The first-order valence-electron chi connectivity index (χ1n) is 9.36. The first kappa shape index (κ1) is 22.1. The second kappa shape index (κ2) is 10.4. The highest BCUT2D eigenvalue weighted by Gasteiger charge is 2.17. The average Bonchev–Trinajstić information content (AvgIpc) is 3.20. The number of ether oxygens (including phenoxy) is 2. The van der Waals surface area contributed by atoms with Gasteiger partial charge < -0.3 is 14.8 Å². The highest BCUT2D eigenvalue weighted by Crippen LogP contribution is 2.27. The summed E-state index contributed by atoms with van der Waals surface area (Å²) in [4.78, 5) is 24.4. The van der Waals surface area contributed by atoms with Crippen molar-refractivity contribution in [3.05, 3.63) is 66.7 Å². The van der Waals surface area contributed by atoms with Crippen LogP contribution in [0.25, 0.3) is 11.4 Å². The molecule has 0 spiro atoms. The monoisotopic (exact) mass is 438 g/mol. The zero-order valence-corrected chi connectivity index (χ0v) is 18.0. The third-order valence-corrected chi connectivity index (χ3v) is 5.26. The number of aromatic nitrogens is 3. The molecule has 2 aromatic carbocycles. The predicted molar refractivity (Wildman–Crippen MR) is 119 cm³/mol. The van der Waals surface area contributed by atoms with E-state index in [2.05, 4.69) is 22.1 Å². The lowest BCUT2D eigenvalue weighted by Crippen LogP contribution is -2.17. The van der Waals surface area contributed by atoms with Gasteiger partial charge in [-0.15, -0.1) is 16.8 Å². The van der Waals surface area contributed by atoms with E-state index >= 15 is 0 Å². The zero-order valence-electron chi connectivity index (χ0n) is 17.2. The summed E-state index contributed by atoms with van der Waals surface area (Å²) in [5.74, 6) is 0.652. The minimum absolute atomic E-state index is 0.0862. The van der Waals surface area contributed by atoms with E-state index in [1.54, 1.807) is 37.5 Å². The molecule has 0 saturated carbocycles. The number of esters is 1. The topological polar surface area (TPSA) is 95.3 Å². The van der Waals surface area contributed by atoms with Crippen molar-refractivity contribution in [2.75, 3.05) is 25.3 Å². The Morgan fingerprint density at radius 3 is 2.71 bits per heavy atom. The summed E-state index contributed by atoms with van der Waals surface area (Å²) in [6.45, 7) is 4.28. The van der Waals surface area contributed by atoms with Crippen LogP contribution in [-0.2, 0) is 16.1 Å². The quantitative estimate of drug-likeness (QED) is 0.309. The second-order valence-electron chi connectivity index (χ2n) is 6.31. The zero-order chi connectivity index (χ0) is 22.2. The van der Waals surface area contributed by atoms with Gasteiger partial charge >= 0.3 is 5.97 Å². The number of allylic oxidation sites excluding steroid dienone is 1. The molecule has 1 aromatic heterocycles. The highest BCUT2D eigenvalue weighted by atomic mass is 32.2. The number of nitrogens with zero attached hydrogens (tertiary/aromatic N) is 3. The number of hydrogen-bond donors (Lipinski definition) is 1. The first-order valence-corrected chi connectivity index (χ1v) is 10.3. The number of benzene rings is 2. The lowest BCUT2D eigenvalue weighted by Gasteiger charge is -2.10. The van der Waals surface area contributed by atoms with Gasteiger partial charge in [-0.05, 0) is 24.3 Å². The molecule has 8 nitrogen and oxygen atoms in total. The Kier molecular flexibility index (Phi) is 7.45. The summed E-state index contributed by atoms with van der Waals surface area (Å²) in [7, 11) is 2.90. The van der Waals surface area contributed by atoms with E-state index in [1.165, 1.54) is 18.9 Å². The van der Waals surface area contributed by atoms with Crippen molar-refractivity contribution in [2.24, 2.45) is 0 Å². The minimum Gasteiger partial charge on any atom is -0.497 e. The number of rotatable bonds is 9. The van der Waals surface area contributed by atoms with Gasteiger partial charge in [0.25, 0.3) is 0 Å². The maximum Gasteiger partial charge on any atom is 0.339 e. The molecule has 0 saturated heterocycles. The number of thioether (sulfide) groups is 1. The fourth-order valence-corrected chi connectivity index (χ4v) is 3.61. The maximum atomic E-state index is 12.5. The molecule has 0 aliphatic heterocycles. The van der Waals surface area contributed by atoms with Crippen LogP contribution in [0, 0.1) is 0 Å². The van der Waals surface area contributed by atoms with Crippen LogP contribution < -0.4 is 10.1 Å². The fraction of sp³-hybridized carbons (Fsp3) is 0.182. The van der Waals surface area contributed by atoms with Crippen LogP contribution in [0.1, 0.15) is 10.4 Å². The standard InChI is InChI=1S/C22H22N4O4S/c1-4-12-26-20(15-8-7-9-16(13-15)29-2)24-25-22(26)31-14-19(27)23-18-11-6-5-10-17(18)21(28)30-3/h4-11,13H,1,12,14H2,2-3H3,(H,23,27). The molecular formula is C22H22N4O4S. The lowest BCUT2D eigenvalue weighted by atomic mass is 10.2. The third kappa shape index (κ3) is 5.32. The van der Waals surface area contributed by atoms with Crippen molar-refractivity contribution in [1.82, 2.24) is 14.8 Å². The third-order valence-electron chi connectivity index (χ3n) is 4.30. The lowest BCUT2D eigenvalue weighted by molar-refractivity contribution is -0.113. The number of methoxy groups -OCH3 is 2. The van der Waals surface area contributed by atoms with Gasteiger partial charge in [0.15, 0.2) is 11.0 Å². The first-order chi connectivity index (χ1) is 15.1. The molecule has 0 fully saturated rings.